The zero-order chi connectivity index (χ0) is 23.5. The fourth-order valence-corrected chi connectivity index (χ4v) is 4.67. The van der Waals surface area contributed by atoms with E-state index < -0.39 is 0 Å². The van der Waals surface area contributed by atoms with Gasteiger partial charge in [-0.05, 0) is 31.5 Å². The van der Waals surface area contributed by atoms with Crippen molar-refractivity contribution < 1.29 is 9.47 Å². The Morgan fingerprint density at radius 2 is 2.09 bits per heavy atom. The highest BCUT2D eigenvalue weighted by Gasteiger charge is 2.25. The van der Waals surface area contributed by atoms with E-state index in [1.165, 1.54) is 5.56 Å². The molecule has 3 heterocycles. The summed E-state index contributed by atoms with van der Waals surface area (Å²) in [5, 5.41) is 4.21. The number of methoxy groups -OCH3 is 1. The summed E-state index contributed by atoms with van der Waals surface area (Å²) in [5.41, 5.74) is 4.40. The minimum atomic E-state index is 0.263. The van der Waals surface area contributed by atoms with Crippen LogP contribution in [0.25, 0.3) is 22.6 Å². The Hall–Kier alpha value is -3.29. The zero-order valence-electron chi connectivity index (χ0n) is 19.3. The lowest BCUT2D eigenvalue weighted by molar-refractivity contribution is 0.318. The number of aromatic nitrogens is 3. The summed E-state index contributed by atoms with van der Waals surface area (Å²) in [5.74, 6) is 2.47. The standard InChI is InChI=1S/C26H28ClN5O2/c1-3-34-20-9-6-8-17(13-20)25-30-24-23(21(27)14-28-26(24)31-25)29-19-11-12-32(16-19)15-18-7-4-5-10-22(18)33-2/h4-10,13-14,19H,3,11-12,15-16H2,1-2H3,(H2,28,29,30,31). The smallest absolute Gasteiger partial charge is 0.159 e. The van der Waals surface area contributed by atoms with Crippen molar-refractivity contribution in [2.24, 2.45) is 0 Å². The van der Waals surface area contributed by atoms with Gasteiger partial charge < -0.3 is 19.8 Å². The molecule has 34 heavy (non-hydrogen) atoms. The van der Waals surface area contributed by atoms with Gasteiger partial charge in [0, 0.05) is 36.8 Å². The maximum atomic E-state index is 6.58. The first-order valence-electron chi connectivity index (χ1n) is 11.5. The van der Waals surface area contributed by atoms with Crippen molar-refractivity contribution >= 4 is 28.5 Å². The van der Waals surface area contributed by atoms with E-state index in [-0.39, 0.29) is 6.04 Å². The van der Waals surface area contributed by atoms with Gasteiger partial charge in [-0.2, -0.15) is 0 Å². The summed E-state index contributed by atoms with van der Waals surface area (Å²) in [6.07, 6.45) is 2.69. The van der Waals surface area contributed by atoms with Gasteiger partial charge in [-0.15, -0.1) is 0 Å². The molecule has 2 aromatic carbocycles. The quantitative estimate of drug-likeness (QED) is 0.355. The lowest BCUT2D eigenvalue weighted by Crippen LogP contribution is -2.26. The van der Waals surface area contributed by atoms with Gasteiger partial charge in [-0.25, -0.2) is 9.97 Å². The van der Waals surface area contributed by atoms with Crippen LogP contribution in [0.15, 0.2) is 54.7 Å². The number of pyridine rings is 1. The Kier molecular flexibility index (Phi) is 6.56. The van der Waals surface area contributed by atoms with Crippen LogP contribution in [-0.2, 0) is 6.54 Å². The zero-order valence-corrected chi connectivity index (χ0v) is 20.1. The van der Waals surface area contributed by atoms with E-state index in [9.17, 15) is 0 Å². The van der Waals surface area contributed by atoms with Gasteiger partial charge in [0.1, 0.15) is 22.8 Å². The number of benzene rings is 2. The Bertz CT molecular complexity index is 1290. The van der Waals surface area contributed by atoms with Crippen LogP contribution in [0.4, 0.5) is 5.69 Å². The van der Waals surface area contributed by atoms with Crippen molar-refractivity contribution in [1.82, 2.24) is 19.9 Å². The molecule has 0 aliphatic carbocycles. The summed E-state index contributed by atoms with van der Waals surface area (Å²) in [6.45, 7) is 5.34. The molecule has 1 saturated heterocycles. The number of para-hydroxylation sites is 1. The molecule has 2 aromatic heterocycles. The van der Waals surface area contributed by atoms with Crippen LogP contribution >= 0.6 is 11.6 Å². The lowest BCUT2D eigenvalue weighted by Gasteiger charge is -2.19. The second kappa shape index (κ2) is 9.91. The van der Waals surface area contributed by atoms with Crippen molar-refractivity contribution in [2.75, 3.05) is 32.1 Å². The van der Waals surface area contributed by atoms with Crippen molar-refractivity contribution in [2.45, 2.75) is 25.9 Å². The van der Waals surface area contributed by atoms with Gasteiger partial charge in [0.15, 0.2) is 5.65 Å². The molecule has 0 bridgehead atoms. The van der Waals surface area contributed by atoms with Crippen LogP contribution < -0.4 is 14.8 Å². The molecule has 1 fully saturated rings. The predicted molar refractivity (Wildman–Crippen MR) is 136 cm³/mol. The first kappa shape index (κ1) is 22.5. The van der Waals surface area contributed by atoms with Crippen LogP contribution in [0.3, 0.4) is 0 Å². The van der Waals surface area contributed by atoms with Crippen molar-refractivity contribution in [3.05, 3.63) is 65.3 Å². The number of hydrogen-bond donors (Lipinski definition) is 2. The molecule has 2 N–H and O–H groups in total. The Labute approximate surface area is 204 Å². The minimum Gasteiger partial charge on any atom is -0.496 e. The highest BCUT2D eigenvalue weighted by Crippen LogP contribution is 2.33. The van der Waals surface area contributed by atoms with Crippen LogP contribution in [-0.4, -0.2) is 52.7 Å². The van der Waals surface area contributed by atoms with Gasteiger partial charge in [0.2, 0.25) is 0 Å². The van der Waals surface area contributed by atoms with Crippen molar-refractivity contribution in [1.29, 1.82) is 0 Å². The first-order chi connectivity index (χ1) is 16.6. The van der Waals surface area contributed by atoms with E-state index >= 15 is 0 Å². The van der Waals surface area contributed by atoms with E-state index in [1.807, 2.05) is 43.3 Å². The van der Waals surface area contributed by atoms with E-state index in [4.69, 9.17) is 26.1 Å². The van der Waals surface area contributed by atoms with Crippen LogP contribution in [0, 0.1) is 0 Å². The van der Waals surface area contributed by atoms with Gasteiger partial charge >= 0.3 is 0 Å². The summed E-state index contributed by atoms with van der Waals surface area (Å²) < 4.78 is 11.2. The van der Waals surface area contributed by atoms with E-state index in [0.29, 0.717) is 17.3 Å². The van der Waals surface area contributed by atoms with E-state index in [0.717, 1.165) is 60.1 Å². The largest absolute Gasteiger partial charge is 0.496 e. The molecule has 7 nitrogen and oxygen atoms in total. The van der Waals surface area contributed by atoms with Gasteiger partial charge in [0.05, 0.1) is 30.6 Å². The molecule has 0 saturated carbocycles. The number of rotatable bonds is 8. The molecule has 1 aliphatic heterocycles. The lowest BCUT2D eigenvalue weighted by atomic mass is 10.2. The molecule has 0 amide bonds. The third-order valence-electron chi connectivity index (χ3n) is 6.09. The second-order valence-electron chi connectivity index (χ2n) is 8.40. The molecule has 176 valence electrons. The Balaban J connectivity index is 1.35. The minimum absolute atomic E-state index is 0.263. The fourth-order valence-electron chi connectivity index (χ4n) is 4.48. The molecule has 0 radical (unpaired) electrons. The molecular formula is C26H28ClN5O2. The van der Waals surface area contributed by atoms with Crippen LogP contribution in [0.1, 0.15) is 18.9 Å². The summed E-state index contributed by atoms with van der Waals surface area (Å²) >= 11 is 6.58. The molecule has 1 atom stereocenters. The number of ether oxygens (including phenoxy) is 2. The average Bonchev–Trinajstić information content (AvgIpc) is 3.49. The molecule has 0 spiro atoms. The number of imidazole rings is 1. The Morgan fingerprint density at radius 3 is 2.94 bits per heavy atom. The number of nitrogens with zero attached hydrogens (tertiary/aromatic N) is 3. The van der Waals surface area contributed by atoms with Gasteiger partial charge in [-0.1, -0.05) is 41.9 Å². The number of H-pyrrole nitrogens is 1. The molecule has 5 rings (SSSR count). The predicted octanol–water partition coefficient (Wildman–Crippen LogP) is 5.37. The first-order valence-corrected chi connectivity index (χ1v) is 11.9. The number of anilines is 1. The summed E-state index contributed by atoms with van der Waals surface area (Å²) in [6, 6.07) is 16.3. The molecule has 1 unspecified atom stereocenters. The van der Waals surface area contributed by atoms with Crippen LogP contribution in [0.2, 0.25) is 5.02 Å². The second-order valence-corrected chi connectivity index (χ2v) is 8.81. The maximum Gasteiger partial charge on any atom is 0.159 e. The molecule has 4 aromatic rings. The number of likely N-dealkylation sites (tertiary alicyclic amines) is 1. The average molecular weight is 478 g/mol. The summed E-state index contributed by atoms with van der Waals surface area (Å²) in [4.78, 5) is 15.1. The molecule has 8 heteroatoms. The van der Waals surface area contributed by atoms with Gasteiger partial charge in [0.25, 0.3) is 0 Å². The molecular weight excluding hydrogens is 450 g/mol. The van der Waals surface area contributed by atoms with Crippen LogP contribution in [0.5, 0.6) is 11.5 Å². The number of aromatic amines is 1. The maximum absolute atomic E-state index is 6.58. The van der Waals surface area contributed by atoms with Crippen molar-refractivity contribution in [3.8, 4) is 22.9 Å². The fraction of sp³-hybridized carbons (Fsp3) is 0.308. The number of hydrogen-bond acceptors (Lipinski definition) is 6. The van der Waals surface area contributed by atoms with E-state index in [1.54, 1.807) is 13.3 Å². The topological polar surface area (TPSA) is 75.3 Å². The highest BCUT2D eigenvalue weighted by atomic mass is 35.5. The van der Waals surface area contributed by atoms with Gasteiger partial charge in [-0.3, -0.25) is 4.90 Å². The summed E-state index contributed by atoms with van der Waals surface area (Å²) in [7, 11) is 1.72. The third-order valence-corrected chi connectivity index (χ3v) is 6.38. The number of fused-ring (bicyclic) bond motifs is 1. The molecule has 1 aliphatic rings. The van der Waals surface area contributed by atoms with Crippen molar-refractivity contribution in [3.63, 3.8) is 0 Å². The normalized spacial score (nSPS) is 16.1. The Morgan fingerprint density at radius 1 is 1.21 bits per heavy atom. The number of nitrogens with one attached hydrogen (secondary N) is 2. The number of halogens is 1. The highest BCUT2D eigenvalue weighted by molar-refractivity contribution is 6.34. The van der Waals surface area contributed by atoms with E-state index in [2.05, 4.69) is 32.3 Å². The SMILES string of the molecule is CCOc1cccc(-c2nc3c(NC4CCN(Cc5ccccc5OC)C4)c(Cl)cnc3[nH]2)c1. The monoisotopic (exact) mass is 477 g/mol. The third kappa shape index (κ3) is 4.67.